The van der Waals surface area contributed by atoms with Gasteiger partial charge in [0.1, 0.15) is 10.2 Å². The quantitative estimate of drug-likeness (QED) is 0.690. The summed E-state index contributed by atoms with van der Waals surface area (Å²) in [5.41, 5.74) is 3.07. The second kappa shape index (κ2) is 7.40. The highest BCUT2D eigenvalue weighted by molar-refractivity contribution is 7.15. The number of nitrogens with zero attached hydrogens (tertiary/aromatic N) is 4. The number of nitrogens with one attached hydrogen (secondary N) is 1. The molecule has 0 unspecified atom stereocenters. The molecule has 0 bridgehead atoms. The minimum atomic E-state index is -0.329. The summed E-state index contributed by atoms with van der Waals surface area (Å²) in [5.74, 6) is -0.329. The van der Waals surface area contributed by atoms with Gasteiger partial charge in [0.2, 0.25) is 5.13 Å². The Balaban J connectivity index is 1.80. The summed E-state index contributed by atoms with van der Waals surface area (Å²) in [6.07, 6.45) is 0. The number of hydrogen-bond acceptors (Lipinski definition) is 5. The maximum Gasteiger partial charge on any atom is 0.262 e. The Bertz CT molecular complexity index is 969. The van der Waals surface area contributed by atoms with Crippen molar-refractivity contribution in [2.45, 2.75) is 46.6 Å². The van der Waals surface area contributed by atoms with Crippen molar-refractivity contribution in [3.63, 3.8) is 0 Å². The zero-order valence-corrected chi connectivity index (χ0v) is 17.6. The Hall–Kier alpha value is -2.25. The fourth-order valence-electron chi connectivity index (χ4n) is 2.52. The number of benzene rings is 1. The Kier molecular flexibility index (Phi) is 5.35. The molecule has 0 spiro atoms. The second-order valence-electron chi connectivity index (χ2n) is 7.51. The van der Waals surface area contributed by atoms with Gasteiger partial charge in [-0.1, -0.05) is 73.5 Å². The molecule has 2 aromatic heterocycles. The number of aromatic nitrogens is 4. The average molecular weight is 404 g/mol. The van der Waals surface area contributed by atoms with Crippen LogP contribution in [0.1, 0.15) is 53.0 Å². The van der Waals surface area contributed by atoms with Gasteiger partial charge in [-0.2, -0.15) is 5.10 Å². The van der Waals surface area contributed by atoms with E-state index in [0.29, 0.717) is 28.1 Å². The minimum Gasteiger partial charge on any atom is -0.296 e. The fraction of sp³-hybridized carbons (Fsp3) is 0.368. The normalized spacial score (nSPS) is 11.6. The van der Waals surface area contributed by atoms with Gasteiger partial charge in [0.25, 0.3) is 5.91 Å². The van der Waals surface area contributed by atoms with E-state index in [2.05, 4.69) is 41.4 Å². The number of aryl methyl sites for hydroxylation is 2. The van der Waals surface area contributed by atoms with E-state index >= 15 is 0 Å². The molecule has 3 rings (SSSR count). The van der Waals surface area contributed by atoms with Crippen LogP contribution in [0, 0.1) is 13.8 Å². The third-order valence-electron chi connectivity index (χ3n) is 4.03. The zero-order chi connectivity index (χ0) is 19.8. The Morgan fingerprint density at radius 2 is 1.85 bits per heavy atom. The van der Waals surface area contributed by atoms with Crippen molar-refractivity contribution in [1.82, 2.24) is 20.0 Å². The molecule has 0 fully saturated rings. The van der Waals surface area contributed by atoms with Crippen molar-refractivity contribution in [3.05, 3.63) is 56.8 Å². The van der Waals surface area contributed by atoms with Crippen LogP contribution in [0.15, 0.2) is 24.3 Å². The molecule has 1 amide bonds. The van der Waals surface area contributed by atoms with Gasteiger partial charge in [0.15, 0.2) is 0 Å². The van der Waals surface area contributed by atoms with Gasteiger partial charge in [-0.15, -0.1) is 10.2 Å². The molecule has 1 N–H and O–H groups in total. The van der Waals surface area contributed by atoms with Crippen molar-refractivity contribution in [2.24, 2.45) is 0 Å². The number of carbonyl (C=O) groups excluding carboxylic acids is 1. The highest BCUT2D eigenvalue weighted by atomic mass is 35.5. The summed E-state index contributed by atoms with van der Waals surface area (Å²) in [6, 6.07) is 8.13. The first-order chi connectivity index (χ1) is 12.6. The first-order valence-electron chi connectivity index (χ1n) is 8.59. The molecular weight excluding hydrogens is 382 g/mol. The van der Waals surface area contributed by atoms with Crippen molar-refractivity contribution < 1.29 is 4.79 Å². The van der Waals surface area contributed by atoms with Gasteiger partial charge >= 0.3 is 0 Å². The van der Waals surface area contributed by atoms with E-state index < -0.39 is 0 Å². The minimum absolute atomic E-state index is 0.118. The molecule has 0 aliphatic heterocycles. The van der Waals surface area contributed by atoms with Crippen LogP contribution in [0.4, 0.5) is 5.13 Å². The SMILES string of the molecule is Cc1ccc(Cn2nc(C)c(C(=O)Nc3nnc(C(C)(C)C)s3)c2Cl)cc1. The van der Waals surface area contributed by atoms with Gasteiger partial charge in [0, 0.05) is 5.41 Å². The van der Waals surface area contributed by atoms with E-state index in [4.69, 9.17) is 11.6 Å². The number of halogens is 1. The monoisotopic (exact) mass is 403 g/mol. The summed E-state index contributed by atoms with van der Waals surface area (Å²) >= 11 is 7.82. The topological polar surface area (TPSA) is 72.7 Å². The molecule has 0 saturated heterocycles. The van der Waals surface area contributed by atoms with Crippen LogP contribution >= 0.6 is 22.9 Å². The van der Waals surface area contributed by atoms with E-state index in [1.807, 2.05) is 31.2 Å². The summed E-state index contributed by atoms with van der Waals surface area (Å²) in [6.45, 7) is 10.5. The molecule has 0 atom stereocenters. The Labute approximate surface area is 167 Å². The van der Waals surface area contributed by atoms with Crippen LogP contribution in [-0.4, -0.2) is 25.9 Å². The molecule has 0 aliphatic rings. The lowest BCUT2D eigenvalue weighted by molar-refractivity contribution is 0.102. The van der Waals surface area contributed by atoms with Gasteiger partial charge < -0.3 is 0 Å². The average Bonchev–Trinajstić information content (AvgIpc) is 3.14. The first kappa shape index (κ1) is 19.5. The molecule has 142 valence electrons. The fourth-order valence-corrected chi connectivity index (χ4v) is 3.64. The Morgan fingerprint density at radius 3 is 2.44 bits per heavy atom. The zero-order valence-electron chi connectivity index (χ0n) is 16.0. The van der Waals surface area contributed by atoms with Gasteiger partial charge in [0.05, 0.1) is 17.8 Å². The van der Waals surface area contributed by atoms with Crippen LogP contribution in [0.5, 0.6) is 0 Å². The summed E-state index contributed by atoms with van der Waals surface area (Å²) in [7, 11) is 0. The van der Waals surface area contributed by atoms with Crippen LogP contribution in [0.2, 0.25) is 5.15 Å². The second-order valence-corrected chi connectivity index (χ2v) is 8.85. The van der Waals surface area contributed by atoms with Crippen molar-refractivity contribution in [2.75, 3.05) is 5.32 Å². The molecule has 0 aliphatic carbocycles. The molecule has 3 aromatic rings. The van der Waals surface area contributed by atoms with Gasteiger partial charge in [-0.05, 0) is 19.4 Å². The molecule has 6 nitrogen and oxygen atoms in total. The number of rotatable bonds is 4. The van der Waals surface area contributed by atoms with Crippen LogP contribution in [-0.2, 0) is 12.0 Å². The molecule has 8 heteroatoms. The van der Waals surface area contributed by atoms with Crippen molar-refractivity contribution >= 4 is 34.0 Å². The standard InChI is InChI=1S/C19H22ClN5OS/c1-11-6-8-13(9-7-11)10-25-15(20)14(12(2)24-25)16(26)21-18-23-22-17(27-18)19(3,4)5/h6-9H,10H2,1-5H3,(H,21,23,26). The van der Waals surface area contributed by atoms with E-state index in [1.54, 1.807) is 11.6 Å². The molecule has 2 heterocycles. The third-order valence-corrected chi connectivity index (χ3v) is 5.68. The highest BCUT2D eigenvalue weighted by Gasteiger charge is 2.23. The number of amides is 1. The number of anilines is 1. The summed E-state index contributed by atoms with van der Waals surface area (Å²) in [5, 5.41) is 17.0. The first-order valence-corrected chi connectivity index (χ1v) is 9.78. The maximum absolute atomic E-state index is 12.7. The summed E-state index contributed by atoms with van der Waals surface area (Å²) in [4.78, 5) is 12.7. The lowest BCUT2D eigenvalue weighted by atomic mass is 9.98. The molecule has 0 saturated carbocycles. The predicted octanol–water partition coefficient (Wildman–Crippen LogP) is 4.60. The highest BCUT2D eigenvalue weighted by Crippen LogP contribution is 2.29. The number of carbonyl (C=O) groups is 1. The molecule has 27 heavy (non-hydrogen) atoms. The van der Waals surface area contributed by atoms with Gasteiger partial charge in [-0.25, -0.2) is 4.68 Å². The van der Waals surface area contributed by atoms with Crippen LogP contribution in [0.25, 0.3) is 0 Å². The van der Waals surface area contributed by atoms with E-state index in [0.717, 1.165) is 10.6 Å². The van der Waals surface area contributed by atoms with E-state index in [1.165, 1.54) is 16.9 Å². The summed E-state index contributed by atoms with van der Waals surface area (Å²) < 4.78 is 1.64. The van der Waals surface area contributed by atoms with Crippen LogP contribution in [0.3, 0.4) is 0 Å². The third kappa shape index (κ3) is 4.36. The number of hydrogen-bond donors (Lipinski definition) is 1. The Morgan fingerprint density at radius 1 is 1.19 bits per heavy atom. The molecule has 1 aromatic carbocycles. The lowest BCUT2D eigenvalue weighted by Crippen LogP contribution is -2.13. The lowest BCUT2D eigenvalue weighted by Gasteiger charge is -2.12. The molecule has 0 radical (unpaired) electrons. The van der Waals surface area contributed by atoms with Crippen molar-refractivity contribution in [3.8, 4) is 0 Å². The van der Waals surface area contributed by atoms with E-state index in [-0.39, 0.29) is 11.3 Å². The smallest absolute Gasteiger partial charge is 0.262 e. The maximum atomic E-state index is 12.7. The molecular formula is C19H22ClN5OS. The largest absolute Gasteiger partial charge is 0.296 e. The predicted molar refractivity (Wildman–Crippen MR) is 109 cm³/mol. The van der Waals surface area contributed by atoms with E-state index in [9.17, 15) is 4.79 Å². The van der Waals surface area contributed by atoms with Crippen molar-refractivity contribution in [1.29, 1.82) is 0 Å². The van der Waals surface area contributed by atoms with Gasteiger partial charge in [-0.3, -0.25) is 10.1 Å². The van der Waals surface area contributed by atoms with Crippen LogP contribution < -0.4 is 5.32 Å².